The highest BCUT2D eigenvalue weighted by molar-refractivity contribution is 5.91. The Labute approximate surface area is 193 Å². The number of carbonyl (C=O) groups excluding carboxylic acids is 1. The molecule has 0 aliphatic rings. The fraction of sp³-hybridized carbons (Fsp3) is 0.185. The van der Waals surface area contributed by atoms with Crippen molar-refractivity contribution in [3.63, 3.8) is 0 Å². The van der Waals surface area contributed by atoms with Gasteiger partial charge in [0.2, 0.25) is 5.91 Å². The fourth-order valence-corrected chi connectivity index (χ4v) is 3.61. The first kappa shape index (κ1) is 22.1. The molecule has 6 heteroatoms. The van der Waals surface area contributed by atoms with Gasteiger partial charge in [0, 0.05) is 12.6 Å². The van der Waals surface area contributed by atoms with Crippen molar-refractivity contribution in [2.45, 2.75) is 19.5 Å². The minimum Gasteiger partial charge on any atom is -0.493 e. The van der Waals surface area contributed by atoms with Crippen molar-refractivity contribution < 1.29 is 14.3 Å². The number of amides is 1. The van der Waals surface area contributed by atoms with Crippen LogP contribution >= 0.6 is 0 Å². The number of nitrogens with zero attached hydrogens (tertiary/aromatic N) is 2. The van der Waals surface area contributed by atoms with Crippen LogP contribution < -0.4 is 14.8 Å². The zero-order valence-electron chi connectivity index (χ0n) is 18.6. The molecule has 168 valence electrons. The minimum atomic E-state index is -0.156. The van der Waals surface area contributed by atoms with Crippen LogP contribution in [0.25, 0.3) is 17.1 Å². The molecular weight excluding hydrogens is 414 g/mol. The molecule has 0 aliphatic heterocycles. The standard InChI is InChI=1S/C27H27N3O3/c1-32-24-14-7-8-15-25(24)33-19-9-18-30-23-13-6-5-12-22(23)29-26(30)20-28-27(31)17-16-21-10-3-2-4-11-21/h2-8,10-17H,9,18-20H2,1H3,(H,28,31)/b17-16-. The summed E-state index contributed by atoms with van der Waals surface area (Å²) in [5, 5.41) is 2.95. The Bertz CT molecular complexity index is 1230. The molecule has 4 aromatic rings. The van der Waals surface area contributed by atoms with Gasteiger partial charge in [-0.15, -0.1) is 0 Å². The first-order chi connectivity index (χ1) is 16.2. The van der Waals surface area contributed by atoms with E-state index >= 15 is 0 Å². The summed E-state index contributed by atoms with van der Waals surface area (Å²) < 4.78 is 13.4. The van der Waals surface area contributed by atoms with Crippen molar-refractivity contribution in [3.8, 4) is 11.5 Å². The maximum absolute atomic E-state index is 12.3. The lowest BCUT2D eigenvalue weighted by atomic mass is 10.2. The smallest absolute Gasteiger partial charge is 0.244 e. The number of imidazole rings is 1. The zero-order valence-corrected chi connectivity index (χ0v) is 18.6. The zero-order chi connectivity index (χ0) is 22.9. The molecular formula is C27H27N3O3. The van der Waals surface area contributed by atoms with E-state index < -0.39 is 0 Å². The van der Waals surface area contributed by atoms with Crippen LogP contribution in [0.1, 0.15) is 17.8 Å². The largest absolute Gasteiger partial charge is 0.493 e. The third-order valence-electron chi connectivity index (χ3n) is 5.23. The van der Waals surface area contributed by atoms with Crippen LogP contribution in [0.3, 0.4) is 0 Å². The van der Waals surface area contributed by atoms with Crippen LogP contribution in [0.5, 0.6) is 11.5 Å². The summed E-state index contributed by atoms with van der Waals surface area (Å²) >= 11 is 0. The normalized spacial score (nSPS) is 11.1. The number of fused-ring (bicyclic) bond motifs is 1. The highest BCUT2D eigenvalue weighted by Crippen LogP contribution is 2.26. The van der Waals surface area contributed by atoms with E-state index in [1.165, 1.54) is 0 Å². The molecule has 0 unspecified atom stereocenters. The van der Waals surface area contributed by atoms with Crippen molar-refractivity contribution >= 4 is 23.0 Å². The van der Waals surface area contributed by atoms with Gasteiger partial charge in [-0.25, -0.2) is 4.98 Å². The van der Waals surface area contributed by atoms with Gasteiger partial charge in [-0.1, -0.05) is 54.6 Å². The number of aromatic nitrogens is 2. The SMILES string of the molecule is COc1ccccc1OCCCn1c(CNC(=O)/C=C\c2ccccc2)nc2ccccc21. The van der Waals surface area contributed by atoms with Gasteiger partial charge in [-0.05, 0) is 42.3 Å². The predicted octanol–water partition coefficient (Wildman–Crippen LogP) is 4.84. The number of nitrogens with one attached hydrogen (secondary N) is 1. The molecule has 1 aromatic heterocycles. The highest BCUT2D eigenvalue weighted by atomic mass is 16.5. The highest BCUT2D eigenvalue weighted by Gasteiger charge is 2.11. The maximum atomic E-state index is 12.3. The fourth-order valence-electron chi connectivity index (χ4n) is 3.61. The summed E-state index contributed by atoms with van der Waals surface area (Å²) in [6.45, 7) is 1.61. The molecule has 4 rings (SSSR count). The molecule has 3 aromatic carbocycles. The average molecular weight is 442 g/mol. The van der Waals surface area contributed by atoms with E-state index in [0.29, 0.717) is 13.2 Å². The summed E-state index contributed by atoms with van der Waals surface area (Å²) in [5.41, 5.74) is 2.93. The van der Waals surface area contributed by atoms with Crippen LogP contribution in [-0.2, 0) is 17.9 Å². The average Bonchev–Trinajstić information content (AvgIpc) is 3.22. The van der Waals surface area contributed by atoms with E-state index in [1.807, 2.05) is 78.9 Å². The number of hydrogen-bond acceptors (Lipinski definition) is 4. The molecule has 1 N–H and O–H groups in total. The summed E-state index contributed by atoms with van der Waals surface area (Å²) in [7, 11) is 1.63. The summed E-state index contributed by atoms with van der Waals surface area (Å²) in [6, 6.07) is 25.4. The molecule has 0 fully saturated rings. The van der Waals surface area contributed by atoms with E-state index in [0.717, 1.165) is 46.9 Å². The Morgan fingerprint density at radius 1 is 0.970 bits per heavy atom. The number of benzene rings is 3. The number of rotatable bonds is 10. The lowest BCUT2D eigenvalue weighted by Crippen LogP contribution is -2.23. The van der Waals surface area contributed by atoms with Gasteiger partial charge in [0.15, 0.2) is 11.5 Å². The number of methoxy groups -OCH3 is 1. The van der Waals surface area contributed by atoms with Crippen LogP contribution in [0.2, 0.25) is 0 Å². The third kappa shape index (κ3) is 5.80. The van der Waals surface area contributed by atoms with Crippen LogP contribution in [0.15, 0.2) is 84.9 Å². The van der Waals surface area contributed by atoms with Crippen LogP contribution in [0.4, 0.5) is 0 Å². The Hall–Kier alpha value is -4.06. The quantitative estimate of drug-likeness (QED) is 0.282. The molecule has 6 nitrogen and oxygen atoms in total. The van der Waals surface area contributed by atoms with E-state index in [1.54, 1.807) is 19.3 Å². The summed E-state index contributed by atoms with van der Waals surface area (Å²) in [6.07, 6.45) is 4.13. The monoisotopic (exact) mass is 441 g/mol. The number of carbonyl (C=O) groups is 1. The van der Waals surface area contributed by atoms with E-state index in [-0.39, 0.29) is 5.91 Å². The summed E-state index contributed by atoms with van der Waals surface area (Å²) in [4.78, 5) is 17.1. The molecule has 0 bridgehead atoms. The second-order valence-corrected chi connectivity index (χ2v) is 7.48. The predicted molar refractivity (Wildman–Crippen MR) is 130 cm³/mol. The van der Waals surface area contributed by atoms with Crippen molar-refractivity contribution in [1.82, 2.24) is 14.9 Å². The van der Waals surface area contributed by atoms with Gasteiger partial charge in [0.05, 0.1) is 31.3 Å². The Morgan fingerprint density at radius 3 is 2.52 bits per heavy atom. The molecule has 0 radical (unpaired) electrons. The number of ether oxygens (including phenoxy) is 2. The van der Waals surface area contributed by atoms with Gasteiger partial charge in [-0.2, -0.15) is 0 Å². The topological polar surface area (TPSA) is 65.4 Å². The van der Waals surface area contributed by atoms with Crippen molar-refractivity contribution in [2.75, 3.05) is 13.7 Å². The lowest BCUT2D eigenvalue weighted by Gasteiger charge is -2.12. The molecule has 0 spiro atoms. The number of hydrogen-bond donors (Lipinski definition) is 1. The third-order valence-corrected chi connectivity index (χ3v) is 5.23. The Morgan fingerprint density at radius 2 is 1.70 bits per heavy atom. The first-order valence-corrected chi connectivity index (χ1v) is 11.0. The molecule has 0 saturated heterocycles. The van der Waals surface area contributed by atoms with Crippen LogP contribution in [0, 0.1) is 0 Å². The Balaban J connectivity index is 1.39. The molecule has 0 atom stereocenters. The van der Waals surface area contributed by atoms with Crippen molar-refractivity contribution in [1.29, 1.82) is 0 Å². The maximum Gasteiger partial charge on any atom is 0.244 e. The lowest BCUT2D eigenvalue weighted by molar-refractivity contribution is -0.116. The molecule has 1 heterocycles. The molecule has 0 aliphatic carbocycles. The van der Waals surface area contributed by atoms with Crippen molar-refractivity contribution in [3.05, 3.63) is 96.3 Å². The molecule has 1 amide bonds. The molecule has 33 heavy (non-hydrogen) atoms. The van der Waals surface area contributed by atoms with Gasteiger partial charge in [0.1, 0.15) is 5.82 Å². The second kappa shape index (κ2) is 11.0. The number of aryl methyl sites for hydroxylation is 1. The first-order valence-electron chi connectivity index (χ1n) is 11.0. The minimum absolute atomic E-state index is 0.156. The van der Waals surface area contributed by atoms with E-state index in [4.69, 9.17) is 14.5 Å². The van der Waals surface area contributed by atoms with Gasteiger partial charge in [0.25, 0.3) is 0 Å². The summed E-state index contributed by atoms with van der Waals surface area (Å²) in [5.74, 6) is 2.11. The van der Waals surface area contributed by atoms with Gasteiger partial charge < -0.3 is 19.4 Å². The van der Waals surface area contributed by atoms with Crippen LogP contribution in [-0.4, -0.2) is 29.2 Å². The Kier molecular flexibility index (Phi) is 7.38. The van der Waals surface area contributed by atoms with E-state index in [2.05, 4.69) is 9.88 Å². The van der Waals surface area contributed by atoms with Crippen molar-refractivity contribution in [2.24, 2.45) is 0 Å². The second-order valence-electron chi connectivity index (χ2n) is 7.48. The van der Waals surface area contributed by atoms with Gasteiger partial charge >= 0.3 is 0 Å². The van der Waals surface area contributed by atoms with E-state index in [9.17, 15) is 4.79 Å². The van der Waals surface area contributed by atoms with Gasteiger partial charge in [-0.3, -0.25) is 4.79 Å². The number of para-hydroxylation sites is 4. The molecule has 0 saturated carbocycles.